The van der Waals surface area contributed by atoms with Crippen LogP contribution in [0.2, 0.25) is 5.02 Å². The highest BCUT2D eigenvalue weighted by Gasteiger charge is 2.27. The molecule has 1 aromatic carbocycles. The highest BCUT2D eigenvalue weighted by atomic mass is 35.5. The zero-order valence-corrected chi connectivity index (χ0v) is 11.4. The maximum Gasteiger partial charge on any atom is 0.277 e. The second-order valence-corrected chi connectivity index (χ2v) is 4.02. The Balaban J connectivity index is 0.00000324. The number of hydrogen-bond acceptors (Lipinski definition) is 3. The van der Waals surface area contributed by atoms with E-state index in [1.54, 1.807) is 18.2 Å². The topological polar surface area (TPSA) is 64.3 Å². The molecule has 3 N–H and O–H groups in total. The number of nitrogens with one attached hydrogen (secondary N) is 1. The fourth-order valence-corrected chi connectivity index (χ4v) is 1.24. The summed E-state index contributed by atoms with van der Waals surface area (Å²) in [7, 11) is 0. The molecule has 19 heavy (non-hydrogen) atoms. The molecule has 0 spiro atoms. The highest BCUT2D eigenvalue weighted by molar-refractivity contribution is 6.30. The second kappa shape index (κ2) is 8.14. The average molecular weight is 315 g/mol. The Morgan fingerprint density at radius 3 is 2.74 bits per heavy atom. The Kier molecular flexibility index (Phi) is 7.66. The molecule has 4 nitrogen and oxygen atoms in total. The van der Waals surface area contributed by atoms with E-state index in [0.717, 1.165) is 0 Å². The lowest BCUT2D eigenvalue weighted by Gasteiger charge is -2.14. The van der Waals surface area contributed by atoms with Crippen LogP contribution < -0.4 is 15.8 Å². The molecule has 0 bridgehead atoms. The molecule has 0 saturated carbocycles. The van der Waals surface area contributed by atoms with Crippen LogP contribution in [0.4, 0.5) is 8.78 Å². The van der Waals surface area contributed by atoms with Gasteiger partial charge in [0.05, 0.1) is 13.1 Å². The summed E-state index contributed by atoms with van der Waals surface area (Å²) >= 11 is 5.71. The normalized spacial score (nSPS) is 10.5. The second-order valence-electron chi connectivity index (χ2n) is 3.58. The molecule has 0 aliphatic heterocycles. The first-order valence-corrected chi connectivity index (χ1v) is 5.54. The molecular formula is C11H14Cl2F2N2O2. The van der Waals surface area contributed by atoms with Gasteiger partial charge in [-0.1, -0.05) is 17.7 Å². The van der Waals surface area contributed by atoms with Gasteiger partial charge in [-0.25, -0.2) is 8.78 Å². The summed E-state index contributed by atoms with van der Waals surface area (Å²) in [6.45, 7) is -1.98. The van der Waals surface area contributed by atoms with Crippen molar-refractivity contribution in [2.24, 2.45) is 5.73 Å². The first kappa shape index (κ1) is 17.9. The maximum absolute atomic E-state index is 12.7. The summed E-state index contributed by atoms with van der Waals surface area (Å²) < 4.78 is 30.5. The minimum Gasteiger partial charge on any atom is -0.484 e. The van der Waals surface area contributed by atoms with Crippen LogP contribution in [-0.4, -0.2) is 31.5 Å². The van der Waals surface area contributed by atoms with Gasteiger partial charge in [0.25, 0.3) is 11.8 Å². The van der Waals surface area contributed by atoms with Crippen molar-refractivity contribution in [2.45, 2.75) is 5.92 Å². The molecule has 1 aromatic rings. The van der Waals surface area contributed by atoms with Crippen molar-refractivity contribution in [3.8, 4) is 5.75 Å². The van der Waals surface area contributed by atoms with E-state index in [9.17, 15) is 13.6 Å². The number of hydrogen-bond donors (Lipinski definition) is 2. The lowest BCUT2D eigenvalue weighted by molar-refractivity contribution is -0.124. The molecule has 108 valence electrons. The van der Waals surface area contributed by atoms with Gasteiger partial charge in [0, 0.05) is 5.02 Å². The Morgan fingerprint density at radius 2 is 2.16 bits per heavy atom. The molecule has 0 saturated heterocycles. The first-order valence-electron chi connectivity index (χ1n) is 5.16. The van der Waals surface area contributed by atoms with Gasteiger partial charge >= 0.3 is 0 Å². The Hall–Kier alpha value is -1.11. The molecule has 1 rings (SSSR count). The van der Waals surface area contributed by atoms with Crippen LogP contribution in [0, 0.1) is 0 Å². The van der Waals surface area contributed by atoms with Gasteiger partial charge in [-0.3, -0.25) is 4.79 Å². The smallest absolute Gasteiger partial charge is 0.277 e. The number of carbonyl (C=O) groups excluding carboxylic acids is 1. The van der Waals surface area contributed by atoms with Crippen molar-refractivity contribution in [1.82, 2.24) is 5.32 Å². The molecular weight excluding hydrogens is 301 g/mol. The van der Waals surface area contributed by atoms with Gasteiger partial charge in [0.1, 0.15) is 5.75 Å². The van der Waals surface area contributed by atoms with Crippen molar-refractivity contribution < 1.29 is 18.3 Å². The number of ether oxygens (including phenoxy) is 1. The molecule has 0 fully saturated rings. The van der Waals surface area contributed by atoms with Crippen LogP contribution in [-0.2, 0) is 4.79 Å². The number of carbonyl (C=O) groups is 1. The highest BCUT2D eigenvalue weighted by Crippen LogP contribution is 2.16. The average Bonchev–Trinajstić information content (AvgIpc) is 2.34. The summed E-state index contributed by atoms with van der Waals surface area (Å²) in [5.74, 6) is -3.36. The van der Waals surface area contributed by atoms with E-state index >= 15 is 0 Å². The number of halogens is 4. The van der Waals surface area contributed by atoms with Crippen molar-refractivity contribution >= 4 is 29.9 Å². The van der Waals surface area contributed by atoms with Crippen LogP contribution in [0.5, 0.6) is 5.75 Å². The van der Waals surface area contributed by atoms with Crippen molar-refractivity contribution in [3.05, 3.63) is 29.3 Å². The van der Waals surface area contributed by atoms with Crippen molar-refractivity contribution in [2.75, 3.05) is 19.7 Å². The maximum atomic E-state index is 12.7. The number of benzene rings is 1. The van der Waals surface area contributed by atoms with Crippen LogP contribution in [0.3, 0.4) is 0 Å². The summed E-state index contributed by atoms with van der Waals surface area (Å²) in [6.07, 6.45) is 0. The van der Waals surface area contributed by atoms with E-state index in [4.69, 9.17) is 22.1 Å². The van der Waals surface area contributed by atoms with Crippen molar-refractivity contribution in [1.29, 1.82) is 0 Å². The fourth-order valence-electron chi connectivity index (χ4n) is 1.06. The van der Waals surface area contributed by atoms with E-state index in [1.807, 2.05) is 5.32 Å². The Bertz CT molecular complexity index is 419. The molecule has 0 atom stereocenters. The van der Waals surface area contributed by atoms with E-state index in [-0.39, 0.29) is 19.0 Å². The third kappa shape index (κ3) is 7.15. The minimum absolute atomic E-state index is 0. The number of nitrogens with two attached hydrogens (primary N) is 1. The lowest BCUT2D eigenvalue weighted by atomic mass is 10.3. The number of amides is 1. The molecule has 0 radical (unpaired) electrons. The largest absolute Gasteiger partial charge is 0.484 e. The lowest BCUT2D eigenvalue weighted by Crippen LogP contribution is -2.43. The monoisotopic (exact) mass is 314 g/mol. The third-order valence-electron chi connectivity index (χ3n) is 2.01. The summed E-state index contributed by atoms with van der Waals surface area (Å²) in [5.41, 5.74) is 4.83. The summed E-state index contributed by atoms with van der Waals surface area (Å²) in [5, 5.41) is 2.49. The van der Waals surface area contributed by atoms with E-state index in [2.05, 4.69) is 0 Å². The summed E-state index contributed by atoms with van der Waals surface area (Å²) in [4.78, 5) is 11.2. The molecule has 1 amide bonds. The SMILES string of the molecule is Cl.NCC(F)(F)CNC(=O)COc1cccc(Cl)c1. The fraction of sp³-hybridized carbons (Fsp3) is 0.364. The van der Waals surface area contributed by atoms with Gasteiger partial charge < -0.3 is 15.8 Å². The molecule has 0 aromatic heterocycles. The van der Waals surface area contributed by atoms with Gasteiger partial charge in [-0.2, -0.15) is 0 Å². The van der Waals surface area contributed by atoms with E-state index in [1.165, 1.54) is 6.07 Å². The van der Waals surface area contributed by atoms with Crippen LogP contribution >= 0.6 is 24.0 Å². The van der Waals surface area contributed by atoms with Gasteiger partial charge in [0.15, 0.2) is 6.61 Å². The predicted molar refractivity (Wildman–Crippen MR) is 71.2 cm³/mol. The molecule has 0 heterocycles. The van der Waals surface area contributed by atoms with Gasteiger partial charge in [0.2, 0.25) is 0 Å². The zero-order valence-electron chi connectivity index (χ0n) is 9.87. The van der Waals surface area contributed by atoms with Gasteiger partial charge in [-0.05, 0) is 18.2 Å². The zero-order chi connectivity index (χ0) is 13.6. The quantitative estimate of drug-likeness (QED) is 0.842. The number of alkyl halides is 2. The van der Waals surface area contributed by atoms with Gasteiger partial charge in [-0.15, -0.1) is 12.4 Å². The Morgan fingerprint density at radius 1 is 1.47 bits per heavy atom. The van der Waals surface area contributed by atoms with E-state index in [0.29, 0.717) is 10.8 Å². The Labute approximate surface area is 120 Å². The minimum atomic E-state index is -3.11. The standard InChI is InChI=1S/C11H13ClF2N2O2.ClH/c12-8-2-1-3-9(4-8)18-5-10(17)16-7-11(13,14)6-15;/h1-4H,5-7,15H2,(H,16,17);1H. The summed E-state index contributed by atoms with van der Waals surface area (Å²) in [6, 6.07) is 6.42. The van der Waals surface area contributed by atoms with Crippen LogP contribution in [0.25, 0.3) is 0 Å². The third-order valence-corrected chi connectivity index (χ3v) is 2.24. The predicted octanol–water partition coefficient (Wildman–Crippen LogP) is 1.85. The molecule has 0 unspecified atom stereocenters. The first-order chi connectivity index (χ1) is 8.43. The van der Waals surface area contributed by atoms with Crippen molar-refractivity contribution in [3.63, 3.8) is 0 Å². The van der Waals surface area contributed by atoms with E-state index < -0.39 is 24.9 Å². The molecule has 8 heteroatoms. The van der Waals surface area contributed by atoms with Crippen LogP contribution in [0.15, 0.2) is 24.3 Å². The van der Waals surface area contributed by atoms with Crippen LogP contribution in [0.1, 0.15) is 0 Å². The number of rotatable bonds is 6. The molecule has 0 aliphatic rings. The molecule has 0 aliphatic carbocycles.